The number of ether oxygens (including phenoxy) is 1. The minimum atomic E-state index is -0.226. The maximum atomic E-state index is 13.2. The number of hydrogen-bond donors (Lipinski definition) is 1. The normalized spacial score (nSPS) is 10.6. The summed E-state index contributed by atoms with van der Waals surface area (Å²) in [7, 11) is 1.60. The highest BCUT2D eigenvalue weighted by atomic mass is 19.1. The van der Waals surface area contributed by atoms with Gasteiger partial charge in [-0.05, 0) is 43.0 Å². The van der Waals surface area contributed by atoms with Crippen LogP contribution in [0, 0.1) is 5.82 Å². The molecule has 0 bridgehead atoms. The minimum absolute atomic E-state index is 0.226. The Hall–Kier alpha value is -2.04. The van der Waals surface area contributed by atoms with Crippen molar-refractivity contribution in [2.75, 3.05) is 12.8 Å². The number of aryl methyl sites for hydroxylation is 2. The van der Waals surface area contributed by atoms with Crippen LogP contribution in [0.5, 0.6) is 5.75 Å². The Morgan fingerprint density at radius 3 is 2.89 bits per heavy atom. The zero-order chi connectivity index (χ0) is 13.7. The van der Waals surface area contributed by atoms with Gasteiger partial charge in [-0.3, -0.25) is 4.68 Å². The van der Waals surface area contributed by atoms with Gasteiger partial charge in [0.1, 0.15) is 11.6 Å². The van der Waals surface area contributed by atoms with Crippen LogP contribution in [0.3, 0.4) is 0 Å². The smallest absolute Gasteiger partial charge is 0.123 e. The monoisotopic (exact) mass is 263 g/mol. The number of nitrogens with two attached hydrogens (primary N) is 1. The van der Waals surface area contributed by atoms with Gasteiger partial charge in [-0.25, -0.2) is 4.39 Å². The van der Waals surface area contributed by atoms with Crippen LogP contribution in [0.25, 0.3) is 0 Å². The number of benzene rings is 1. The quantitative estimate of drug-likeness (QED) is 0.815. The summed E-state index contributed by atoms with van der Waals surface area (Å²) in [6.45, 7) is 0.814. The highest BCUT2D eigenvalue weighted by molar-refractivity contribution is 5.34. The molecule has 0 radical (unpaired) electrons. The molecule has 1 heterocycles. The van der Waals surface area contributed by atoms with Crippen LogP contribution in [0.2, 0.25) is 0 Å². The molecule has 0 aliphatic carbocycles. The van der Waals surface area contributed by atoms with E-state index in [-0.39, 0.29) is 5.82 Å². The standard InChI is InChI=1S/C14H18FN3O/c1-19-14-6-5-12(15)8-11(14)4-2-3-7-18-10-13(16)9-17-18/h5-6,8-10H,2-4,7,16H2,1H3. The predicted molar refractivity (Wildman–Crippen MR) is 72.5 cm³/mol. The van der Waals surface area contributed by atoms with E-state index in [0.717, 1.165) is 37.1 Å². The van der Waals surface area contributed by atoms with Crippen LogP contribution >= 0.6 is 0 Å². The maximum absolute atomic E-state index is 13.2. The summed E-state index contributed by atoms with van der Waals surface area (Å²) in [5, 5.41) is 4.12. The third-order valence-corrected chi connectivity index (χ3v) is 2.98. The van der Waals surface area contributed by atoms with Crippen molar-refractivity contribution in [2.24, 2.45) is 0 Å². The molecule has 0 aliphatic heterocycles. The average molecular weight is 263 g/mol. The van der Waals surface area contributed by atoms with E-state index in [9.17, 15) is 4.39 Å². The minimum Gasteiger partial charge on any atom is -0.496 e. The van der Waals surface area contributed by atoms with E-state index in [4.69, 9.17) is 10.5 Å². The van der Waals surface area contributed by atoms with Crippen molar-refractivity contribution in [3.8, 4) is 5.75 Å². The molecule has 4 nitrogen and oxygen atoms in total. The molecule has 19 heavy (non-hydrogen) atoms. The lowest BCUT2D eigenvalue weighted by atomic mass is 10.1. The highest BCUT2D eigenvalue weighted by Crippen LogP contribution is 2.21. The van der Waals surface area contributed by atoms with Crippen molar-refractivity contribution in [1.29, 1.82) is 0 Å². The molecule has 0 atom stereocenters. The Bertz CT molecular complexity index is 539. The topological polar surface area (TPSA) is 53.1 Å². The van der Waals surface area contributed by atoms with Crippen LogP contribution < -0.4 is 10.5 Å². The second-order valence-electron chi connectivity index (χ2n) is 4.45. The molecule has 0 saturated carbocycles. The first-order valence-corrected chi connectivity index (χ1v) is 6.29. The number of nitrogen functional groups attached to an aromatic ring is 1. The Kier molecular flexibility index (Phi) is 4.39. The molecule has 2 rings (SSSR count). The van der Waals surface area contributed by atoms with Crippen molar-refractivity contribution >= 4 is 5.69 Å². The summed E-state index contributed by atoms with van der Waals surface area (Å²) in [4.78, 5) is 0. The van der Waals surface area contributed by atoms with Crippen LogP contribution in [0.15, 0.2) is 30.6 Å². The largest absolute Gasteiger partial charge is 0.496 e. The van der Waals surface area contributed by atoms with Gasteiger partial charge in [-0.15, -0.1) is 0 Å². The predicted octanol–water partition coefficient (Wildman–Crippen LogP) is 2.64. The lowest BCUT2D eigenvalue weighted by Gasteiger charge is -2.08. The fourth-order valence-corrected chi connectivity index (χ4v) is 2.03. The second-order valence-corrected chi connectivity index (χ2v) is 4.45. The van der Waals surface area contributed by atoms with Gasteiger partial charge in [0, 0.05) is 12.7 Å². The molecule has 0 aliphatic rings. The first kappa shape index (κ1) is 13.4. The average Bonchev–Trinajstić information content (AvgIpc) is 2.81. The molecule has 0 unspecified atom stereocenters. The molecule has 0 spiro atoms. The summed E-state index contributed by atoms with van der Waals surface area (Å²) < 4.78 is 20.2. The number of anilines is 1. The van der Waals surface area contributed by atoms with Gasteiger partial charge in [0.25, 0.3) is 0 Å². The molecule has 0 saturated heterocycles. The molecule has 102 valence electrons. The molecule has 0 fully saturated rings. The lowest BCUT2D eigenvalue weighted by molar-refractivity contribution is 0.407. The summed E-state index contributed by atoms with van der Waals surface area (Å²) >= 11 is 0. The van der Waals surface area contributed by atoms with Gasteiger partial charge in [0.15, 0.2) is 0 Å². The fourth-order valence-electron chi connectivity index (χ4n) is 2.03. The Morgan fingerprint density at radius 1 is 1.37 bits per heavy atom. The van der Waals surface area contributed by atoms with Crippen LogP contribution in [0.1, 0.15) is 18.4 Å². The third kappa shape index (κ3) is 3.71. The SMILES string of the molecule is COc1ccc(F)cc1CCCCn1cc(N)cn1. The van der Waals surface area contributed by atoms with E-state index in [1.807, 2.05) is 10.9 Å². The summed E-state index contributed by atoms with van der Waals surface area (Å²) in [6.07, 6.45) is 6.14. The van der Waals surface area contributed by atoms with Gasteiger partial charge in [0.05, 0.1) is 19.0 Å². The van der Waals surface area contributed by atoms with Crippen molar-refractivity contribution in [3.63, 3.8) is 0 Å². The number of methoxy groups -OCH3 is 1. The van der Waals surface area contributed by atoms with E-state index < -0.39 is 0 Å². The van der Waals surface area contributed by atoms with Gasteiger partial charge in [-0.2, -0.15) is 5.10 Å². The molecular formula is C14H18FN3O. The van der Waals surface area contributed by atoms with Gasteiger partial charge in [-0.1, -0.05) is 0 Å². The first-order valence-electron chi connectivity index (χ1n) is 6.29. The molecule has 1 aromatic carbocycles. The van der Waals surface area contributed by atoms with E-state index in [0.29, 0.717) is 5.69 Å². The zero-order valence-corrected chi connectivity index (χ0v) is 11.0. The lowest BCUT2D eigenvalue weighted by Crippen LogP contribution is -2.00. The molecule has 5 heteroatoms. The highest BCUT2D eigenvalue weighted by Gasteiger charge is 2.04. The van der Waals surface area contributed by atoms with Crippen molar-refractivity contribution in [3.05, 3.63) is 42.0 Å². The summed E-state index contributed by atoms with van der Waals surface area (Å²) in [5.41, 5.74) is 7.16. The van der Waals surface area contributed by atoms with E-state index >= 15 is 0 Å². The molecule has 2 N–H and O–H groups in total. The summed E-state index contributed by atoms with van der Waals surface area (Å²) in [6, 6.07) is 4.61. The molecule has 0 amide bonds. The number of halogens is 1. The van der Waals surface area contributed by atoms with Crippen LogP contribution in [-0.2, 0) is 13.0 Å². The van der Waals surface area contributed by atoms with Crippen molar-refractivity contribution in [1.82, 2.24) is 9.78 Å². The Labute approximate surface area is 112 Å². The Morgan fingerprint density at radius 2 is 2.21 bits per heavy atom. The van der Waals surface area contributed by atoms with Crippen molar-refractivity contribution < 1.29 is 9.13 Å². The number of rotatable bonds is 6. The zero-order valence-electron chi connectivity index (χ0n) is 11.0. The second kappa shape index (κ2) is 6.22. The molecule has 2 aromatic rings. The Balaban J connectivity index is 1.83. The first-order chi connectivity index (χ1) is 9.19. The number of hydrogen-bond acceptors (Lipinski definition) is 3. The number of nitrogens with zero attached hydrogens (tertiary/aromatic N) is 2. The van der Waals surface area contributed by atoms with Crippen molar-refractivity contribution in [2.45, 2.75) is 25.8 Å². The maximum Gasteiger partial charge on any atom is 0.123 e. The number of aromatic nitrogens is 2. The van der Waals surface area contributed by atoms with E-state index in [2.05, 4.69) is 5.10 Å². The fraction of sp³-hybridized carbons (Fsp3) is 0.357. The molecular weight excluding hydrogens is 245 g/mol. The molecule has 1 aromatic heterocycles. The summed E-state index contributed by atoms with van der Waals surface area (Å²) in [5.74, 6) is 0.514. The van der Waals surface area contributed by atoms with Crippen LogP contribution in [0.4, 0.5) is 10.1 Å². The van der Waals surface area contributed by atoms with Gasteiger partial charge in [0.2, 0.25) is 0 Å². The van der Waals surface area contributed by atoms with E-state index in [1.165, 1.54) is 12.1 Å². The van der Waals surface area contributed by atoms with Gasteiger partial charge < -0.3 is 10.5 Å². The van der Waals surface area contributed by atoms with E-state index in [1.54, 1.807) is 19.4 Å². The number of unbranched alkanes of at least 4 members (excludes halogenated alkanes) is 1. The third-order valence-electron chi connectivity index (χ3n) is 2.98. The van der Waals surface area contributed by atoms with Gasteiger partial charge >= 0.3 is 0 Å². The van der Waals surface area contributed by atoms with Crippen LogP contribution in [-0.4, -0.2) is 16.9 Å².